The van der Waals surface area contributed by atoms with Gasteiger partial charge in [-0.05, 0) is 0 Å². The first-order chi connectivity index (χ1) is 2.83. The van der Waals surface area contributed by atoms with Crippen molar-refractivity contribution in [2.24, 2.45) is 0 Å². The molecule has 0 aromatic heterocycles. The zero-order chi connectivity index (χ0) is 5.41. The van der Waals surface area contributed by atoms with Crippen LogP contribution in [0.4, 0.5) is 13.6 Å². The van der Waals surface area contributed by atoms with Gasteiger partial charge in [-0.3, -0.25) is 0 Å². The van der Waals surface area contributed by atoms with E-state index in [0.29, 0.717) is 0 Å². The van der Waals surface area contributed by atoms with Crippen LogP contribution in [0.3, 0.4) is 0 Å². The van der Waals surface area contributed by atoms with Crippen LogP contribution in [0, 0.1) is 0 Å². The summed E-state index contributed by atoms with van der Waals surface area (Å²) in [7, 11) is 0. The van der Waals surface area contributed by atoms with Crippen molar-refractivity contribution in [3.8, 4) is 0 Å². The summed E-state index contributed by atoms with van der Waals surface area (Å²) in [6.45, 7) is 0. The van der Waals surface area contributed by atoms with Gasteiger partial charge >= 0.3 is 48.1 Å². The van der Waals surface area contributed by atoms with Crippen molar-refractivity contribution in [2.75, 3.05) is 0 Å². The molecule has 0 bridgehead atoms. The molecular formula is F4V2. The van der Waals surface area contributed by atoms with Gasteiger partial charge in [0.15, 0.2) is 0 Å². The van der Waals surface area contributed by atoms with E-state index in [0.717, 1.165) is 0 Å². The molecule has 0 rings (SSSR count). The quantitative estimate of drug-likeness (QED) is 0.495. The van der Waals surface area contributed by atoms with Crippen molar-refractivity contribution in [2.45, 2.75) is 0 Å². The second-order valence-corrected chi connectivity index (χ2v) is 0.527. The van der Waals surface area contributed by atoms with Gasteiger partial charge in [-0.15, -0.1) is 0 Å². The molecule has 6 heteroatoms. The van der Waals surface area contributed by atoms with Crippen LogP contribution in [0.2, 0.25) is 0 Å². The summed E-state index contributed by atoms with van der Waals surface area (Å²) in [5.74, 6) is 0. The molecular weight excluding hydrogens is 178 g/mol. The van der Waals surface area contributed by atoms with Crippen molar-refractivity contribution in [3.05, 3.63) is 0 Å². The van der Waals surface area contributed by atoms with Crippen molar-refractivity contribution < 1.29 is 48.1 Å². The van der Waals surface area contributed by atoms with E-state index in [4.69, 9.17) is 0 Å². The summed E-state index contributed by atoms with van der Waals surface area (Å²) in [4.78, 5) is 0. The molecule has 0 fully saturated rings. The third kappa shape index (κ3) is 93.6. The maximum absolute atomic E-state index is 9.72. The number of hydrogen-bond acceptors (Lipinski definition) is 0. The van der Waals surface area contributed by atoms with Gasteiger partial charge in [0.2, 0.25) is 0 Å². The molecule has 0 nitrogen and oxygen atoms in total. The van der Waals surface area contributed by atoms with E-state index >= 15 is 0 Å². The fraction of sp³-hybridized carbons (Fsp3) is 0. The van der Waals surface area contributed by atoms with Crippen LogP contribution in [0.5, 0.6) is 0 Å². The molecule has 0 aliphatic rings. The van der Waals surface area contributed by atoms with Crippen LogP contribution in [0.15, 0.2) is 0 Å². The molecule has 6 heavy (non-hydrogen) atoms. The van der Waals surface area contributed by atoms with Crippen LogP contribution >= 0.6 is 0 Å². The van der Waals surface area contributed by atoms with E-state index in [1.54, 1.807) is 0 Å². The second-order valence-electron chi connectivity index (χ2n) is 0.128. The third-order valence-corrected chi connectivity index (χ3v) is 0. The molecule has 0 saturated carbocycles. The average molecular weight is 178 g/mol. The predicted molar refractivity (Wildman–Crippen MR) is 4.43 cm³/mol. The summed E-state index contributed by atoms with van der Waals surface area (Å²) in [6.07, 6.45) is 0. The minimum atomic E-state index is -2.31. The number of halogens is 4. The Kier molecular flexibility index (Phi) is 28.1. The van der Waals surface area contributed by atoms with Crippen molar-refractivity contribution in [1.29, 1.82) is 0 Å². The zero-order valence-electron chi connectivity index (χ0n) is 2.41. The van der Waals surface area contributed by atoms with Crippen molar-refractivity contribution >= 4 is 0 Å². The molecule has 38 valence electrons. The Morgan fingerprint density at radius 2 is 0.667 bits per heavy atom. The van der Waals surface area contributed by atoms with Crippen LogP contribution in [-0.4, -0.2) is 0 Å². The van der Waals surface area contributed by atoms with Crippen LogP contribution < -0.4 is 0 Å². The van der Waals surface area contributed by atoms with Gasteiger partial charge in [-0.25, -0.2) is 0 Å². The third-order valence-electron chi connectivity index (χ3n) is 0. The molecule has 0 aromatic carbocycles. The first kappa shape index (κ1) is 10.00. The molecule has 0 unspecified atom stereocenters. The van der Waals surface area contributed by atoms with E-state index in [1.807, 2.05) is 0 Å². The van der Waals surface area contributed by atoms with Crippen molar-refractivity contribution in [1.82, 2.24) is 0 Å². The fourth-order valence-electron chi connectivity index (χ4n) is 0. The van der Waals surface area contributed by atoms with Crippen LogP contribution in [0.25, 0.3) is 0 Å². The molecule has 0 radical (unpaired) electrons. The van der Waals surface area contributed by atoms with Crippen LogP contribution in [0.1, 0.15) is 0 Å². The fourth-order valence-corrected chi connectivity index (χ4v) is 0. The van der Waals surface area contributed by atoms with Gasteiger partial charge in [0.05, 0.1) is 0 Å². The van der Waals surface area contributed by atoms with E-state index in [9.17, 15) is 13.6 Å². The standard InChI is InChI=1S/4FH.2V/h4*1H;;/q;;;;2*+2/p-4. The molecule has 0 atom stereocenters. The van der Waals surface area contributed by atoms with E-state index in [2.05, 4.69) is 0 Å². The van der Waals surface area contributed by atoms with Gasteiger partial charge < -0.3 is 0 Å². The monoisotopic (exact) mass is 178 g/mol. The van der Waals surface area contributed by atoms with E-state index < -0.39 is 34.5 Å². The molecule has 0 aliphatic carbocycles. The topological polar surface area (TPSA) is 0 Å². The average Bonchev–Trinajstić information content (AvgIpc) is 1.39. The Bertz CT molecular complexity index is 7.51. The molecule has 0 amide bonds. The molecule has 0 N–H and O–H groups in total. The first-order valence-electron chi connectivity index (χ1n) is 0.676. The Labute approximate surface area is 48.5 Å². The van der Waals surface area contributed by atoms with Gasteiger partial charge in [-0.1, -0.05) is 0 Å². The summed E-state index contributed by atoms with van der Waals surface area (Å²) < 4.78 is 38.9. The second kappa shape index (κ2) is 16.9. The van der Waals surface area contributed by atoms with Crippen molar-refractivity contribution in [3.63, 3.8) is 0 Å². The van der Waals surface area contributed by atoms with Gasteiger partial charge in [0.1, 0.15) is 0 Å². The predicted octanol–water partition coefficient (Wildman–Crippen LogP) is 1.68. The molecule has 0 aliphatic heterocycles. The van der Waals surface area contributed by atoms with E-state index in [1.165, 1.54) is 0 Å². The van der Waals surface area contributed by atoms with Crippen LogP contribution in [-0.2, 0) is 34.5 Å². The molecule has 0 heterocycles. The molecule has 0 spiro atoms. The number of hydrogen-bond donors (Lipinski definition) is 0. The normalized spacial score (nSPS) is 4.67. The van der Waals surface area contributed by atoms with Gasteiger partial charge in [0, 0.05) is 0 Å². The Hall–Kier alpha value is 0.889. The SMILES string of the molecule is [F][V][F].[F][V][F]. The summed E-state index contributed by atoms with van der Waals surface area (Å²) in [5, 5.41) is 0. The minimum absolute atomic E-state index is 2.31. The molecule has 0 aromatic rings. The van der Waals surface area contributed by atoms with Gasteiger partial charge in [-0.2, -0.15) is 0 Å². The molecule has 0 saturated heterocycles. The van der Waals surface area contributed by atoms with E-state index in [-0.39, 0.29) is 0 Å². The summed E-state index contributed by atoms with van der Waals surface area (Å²) >= 11 is -4.62. The summed E-state index contributed by atoms with van der Waals surface area (Å²) in [5.41, 5.74) is 0. The maximum atomic E-state index is 9.72. The summed E-state index contributed by atoms with van der Waals surface area (Å²) in [6, 6.07) is 0. The Balaban J connectivity index is 0. The first-order valence-corrected chi connectivity index (χ1v) is 2.79. The Morgan fingerprint density at radius 3 is 0.667 bits per heavy atom. The van der Waals surface area contributed by atoms with Gasteiger partial charge in [0.25, 0.3) is 0 Å². The zero-order valence-corrected chi connectivity index (χ0v) is 5.20. The Morgan fingerprint density at radius 1 is 0.667 bits per heavy atom. The number of rotatable bonds is 0.